The number of nitrogens with one attached hydrogen (secondary N) is 1. The number of rotatable bonds is 8. The molecule has 0 rings (SSSR count). The van der Waals surface area contributed by atoms with Crippen LogP contribution in [0.1, 0.15) is 47.0 Å². The van der Waals surface area contributed by atoms with E-state index in [2.05, 4.69) is 19.2 Å². The van der Waals surface area contributed by atoms with Crippen molar-refractivity contribution in [1.82, 2.24) is 5.32 Å². The maximum atomic E-state index is 11.7. The van der Waals surface area contributed by atoms with Crippen molar-refractivity contribution in [3.63, 3.8) is 0 Å². The Kier molecular flexibility index (Phi) is 8.11. The Balaban J connectivity index is 4.82. The minimum absolute atomic E-state index is 0.266. The fourth-order valence-electron chi connectivity index (χ4n) is 1.57. The van der Waals surface area contributed by atoms with Crippen molar-refractivity contribution in [2.75, 3.05) is 6.61 Å². The van der Waals surface area contributed by atoms with Gasteiger partial charge in [-0.05, 0) is 31.8 Å². The molecule has 1 atom stereocenters. The van der Waals surface area contributed by atoms with E-state index < -0.39 is 5.97 Å². The first-order valence-electron chi connectivity index (χ1n) is 6.16. The molecule has 0 unspecified atom stereocenters. The van der Waals surface area contributed by atoms with E-state index in [0.717, 1.165) is 24.8 Å². The van der Waals surface area contributed by atoms with E-state index in [0.29, 0.717) is 13.0 Å². The zero-order valence-corrected chi connectivity index (χ0v) is 11.2. The molecule has 0 bridgehead atoms. The van der Waals surface area contributed by atoms with Crippen LogP contribution >= 0.6 is 0 Å². The summed E-state index contributed by atoms with van der Waals surface area (Å²) in [5.74, 6) is -0.192. The van der Waals surface area contributed by atoms with E-state index in [1.807, 2.05) is 6.92 Å². The predicted octanol–water partition coefficient (Wildman–Crippen LogP) is 2.40. The van der Waals surface area contributed by atoms with Crippen LogP contribution in [0.15, 0.2) is 11.3 Å². The van der Waals surface area contributed by atoms with Crippen LogP contribution in [-0.4, -0.2) is 19.0 Å². The topological polar surface area (TPSA) is 55.4 Å². The Morgan fingerprint density at radius 1 is 1.41 bits per heavy atom. The van der Waals surface area contributed by atoms with Gasteiger partial charge in [0.15, 0.2) is 0 Å². The average molecular weight is 241 g/mol. The molecule has 4 nitrogen and oxygen atoms in total. The first-order valence-corrected chi connectivity index (χ1v) is 6.16. The fourth-order valence-corrected chi connectivity index (χ4v) is 1.57. The highest BCUT2D eigenvalue weighted by Crippen LogP contribution is 2.20. The van der Waals surface area contributed by atoms with Crippen molar-refractivity contribution in [2.24, 2.45) is 5.92 Å². The zero-order chi connectivity index (χ0) is 13.3. The van der Waals surface area contributed by atoms with Crippen molar-refractivity contribution in [1.29, 1.82) is 0 Å². The lowest BCUT2D eigenvalue weighted by molar-refractivity contribution is -0.139. The largest absolute Gasteiger partial charge is 0.461 e. The molecule has 4 heteroatoms. The number of carbonyl (C=O) groups excluding carboxylic acids is 2. The highest BCUT2D eigenvalue weighted by atomic mass is 16.5. The van der Waals surface area contributed by atoms with Crippen LogP contribution in [0.3, 0.4) is 0 Å². The molecule has 1 N–H and O–H groups in total. The van der Waals surface area contributed by atoms with Crippen molar-refractivity contribution >= 4 is 12.4 Å². The molecule has 0 fully saturated rings. The SMILES string of the molecule is CCCC[C@H](C)/C(C)=C(/NC=O)C(=O)OCC. The van der Waals surface area contributed by atoms with Gasteiger partial charge in [0.25, 0.3) is 0 Å². The van der Waals surface area contributed by atoms with Crippen LogP contribution < -0.4 is 5.32 Å². The van der Waals surface area contributed by atoms with E-state index in [4.69, 9.17) is 4.74 Å². The summed E-state index contributed by atoms with van der Waals surface area (Å²) in [6.45, 7) is 8.09. The number of esters is 1. The smallest absolute Gasteiger partial charge is 0.354 e. The number of allylic oxidation sites excluding steroid dienone is 1. The molecule has 0 aliphatic carbocycles. The van der Waals surface area contributed by atoms with Crippen molar-refractivity contribution in [3.8, 4) is 0 Å². The highest BCUT2D eigenvalue weighted by molar-refractivity contribution is 5.91. The molecule has 0 aromatic heterocycles. The average Bonchev–Trinajstić information content (AvgIpc) is 2.32. The van der Waals surface area contributed by atoms with Gasteiger partial charge in [0, 0.05) is 0 Å². The number of hydrogen-bond acceptors (Lipinski definition) is 3. The number of unbranched alkanes of at least 4 members (excludes halogenated alkanes) is 1. The third kappa shape index (κ3) is 5.52. The Morgan fingerprint density at radius 3 is 2.53 bits per heavy atom. The van der Waals surface area contributed by atoms with Gasteiger partial charge in [-0.15, -0.1) is 0 Å². The Morgan fingerprint density at radius 2 is 2.06 bits per heavy atom. The van der Waals surface area contributed by atoms with Gasteiger partial charge in [-0.2, -0.15) is 0 Å². The molecule has 0 aliphatic heterocycles. The van der Waals surface area contributed by atoms with Crippen LogP contribution in [0, 0.1) is 5.92 Å². The van der Waals surface area contributed by atoms with Gasteiger partial charge >= 0.3 is 5.97 Å². The van der Waals surface area contributed by atoms with Crippen LogP contribution in [-0.2, 0) is 14.3 Å². The summed E-state index contributed by atoms with van der Waals surface area (Å²) in [7, 11) is 0. The number of amides is 1. The molecule has 0 aliphatic rings. The van der Waals surface area contributed by atoms with Gasteiger partial charge in [-0.25, -0.2) is 4.79 Å². The molecule has 0 radical (unpaired) electrons. The molecule has 17 heavy (non-hydrogen) atoms. The molecule has 0 saturated heterocycles. The van der Waals surface area contributed by atoms with Crippen LogP contribution in [0.25, 0.3) is 0 Å². The lowest BCUT2D eigenvalue weighted by Gasteiger charge is -2.16. The predicted molar refractivity (Wildman–Crippen MR) is 67.2 cm³/mol. The Labute approximate surface area is 103 Å². The molecule has 0 spiro atoms. The normalized spacial score (nSPS) is 13.6. The molecule has 98 valence electrons. The second-order valence-electron chi connectivity index (χ2n) is 4.08. The van der Waals surface area contributed by atoms with Gasteiger partial charge in [0.05, 0.1) is 6.61 Å². The number of carbonyl (C=O) groups is 2. The fraction of sp³-hybridized carbons (Fsp3) is 0.692. The van der Waals surface area contributed by atoms with Gasteiger partial charge in [-0.3, -0.25) is 4.79 Å². The first kappa shape index (κ1) is 15.7. The lowest BCUT2D eigenvalue weighted by atomic mass is 9.95. The minimum atomic E-state index is -0.458. The van der Waals surface area contributed by atoms with Crippen LogP contribution in [0.5, 0.6) is 0 Å². The van der Waals surface area contributed by atoms with Gasteiger partial charge < -0.3 is 10.1 Å². The summed E-state index contributed by atoms with van der Waals surface area (Å²) in [5.41, 5.74) is 1.16. The highest BCUT2D eigenvalue weighted by Gasteiger charge is 2.17. The summed E-state index contributed by atoms with van der Waals surface area (Å²) in [5, 5.41) is 2.45. The third-order valence-corrected chi connectivity index (χ3v) is 2.81. The maximum absolute atomic E-state index is 11.7. The van der Waals surface area contributed by atoms with E-state index >= 15 is 0 Å². The summed E-state index contributed by atoms with van der Waals surface area (Å²) >= 11 is 0. The van der Waals surface area contributed by atoms with Crippen molar-refractivity contribution < 1.29 is 14.3 Å². The summed E-state index contributed by atoms with van der Waals surface area (Å²) in [6, 6.07) is 0. The second kappa shape index (κ2) is 8.79. The summed E-state index contributed by atoms with van der Waals surface area (Å²) < 4.78 is 4.91. The maximum Gasteiger partial charge on any atom is 0.354 e. The summed E-state index contributed by atoms with van der Waals surface area (Å²) in [6.07, 6.45) is 3.75. The van der Waals surface area contributed by atoms with E-state index in [1.165, 1.54) is 0 Å². The molecule has 0 aromatic carbocycles. The molecule has 0 saturated carbocycles. The molecular weight excluding hydrogens is 218 g/mol. The van der Waals surface area contributed by atoms with E-state index in [-0.39, 0.29) is 11.6 Å². The van der Waals surface area contributed by atoms with E-state index in [1.54, 1.807) is 6.92 Å². The van der Waals surface area contributed by atoms with Gasteiger partial charge in [0.1, 0.15) is 5.70 Å². The van der Waals surface area contributed by atoms with Crippen LogP contribution in [0.2, 0.25) is 0 Å². The quantitative estimate of drug-likeness (QED) is 0.403. The molecule has 1 amide bonds. The van der Waals surface area contributed by atoms with Gasteiger partial charge in [-0.1, -0.05) is 26.7 Å². The van der Waals surface area contributed by atoms with E-state index in [9.17, 15) is 9.59 Å². The van der Waals surface area contributed by atoms with Crippen molar-refractivity contribution in [3.05, 3.63) is 11.3 Å². The van der Waals surface area contributed by atoms with Gasteiger partial charge in [0.2, 0.25) is 6.41 Å². The molecule has 0 aromatic rings. The Bertz CT molecular complexity index is 284. The summed E-state index contributed by atoms with van der Waals surface area (Å²) in [4.78, 5) is 22.2. The van der Waals surface area contributed by atoms with Crippen molar-refractivity contribution in [2.45, 2.75) is 47.0 Å². The monoisotopic (exact) mass is 241 g/mol. The second-order valence-corrected chi connectivity index (χ2v) is 4.08. The first-order chi connectivity index (χ1) is 8.08. The zero-order valence-electron chi connectivity index (χ0n) is 11.2. The van der Waals surface area contributed by atoms with Crippen LogP contribution in [0.4, 0.5) is 0 Å². The molecular formula is C13H23NO3. The third-order valence-electron chi connectivity index (χ3n) is 2.81. The molecule has 0 heterocycles. The number of hydrogen-bond donors (Lipinski definition) is 1. The standard InChI is InChI=1S/C13H23NO3/c1-5-7-8-10(3)11(4)12(14-9-15)13(16)17-6-2/h9-10H,5-8H2,1-4H3,(H,14,15)/b12-11+/t10-/m0/s1. The lowest BCUT2D eigenvalue weighted by Crippen LogP contribution is -2.24. The number of ether oxygens (including phenoxy) is 1. The Hall–Kier alpha value is -1.32. The minimum Gasteiger partial charge on any atom is -0.461 e.